The Morgan fingerprint density at radius 2 is 1.89 bits per heavy atom. The lowest BCUT2D eigenvalue weighted by Gasteiger charge is -2.16. The van der Waals surface area contributed by atoms with Gasteiger partial charge in [-0.25, -0.2) is 23.6 Å². The highest BCUT2D eigenvalue weighted by atomic mass is 19.2. The van der Waals surface area contributed by atoms with E-state index in [1.54, 1.807) is 17.8 Å². The second kappa shape index (κ2) is 4.79. The first-order valence-electron chi connectivity index (χ1n) is 5.12. The number of nitrogens with two attached hydrogens (primary N) is 1. The normalized spacial score (nSPS) is 12.7. The summed E-state index contributed by atoms with van der Waals surface area (Å²) >= 11 is 0. The van der Waals surface area contributed by atoms with Crippen LogP contribution in [0.4, 0.5) is 13.2 Å². The number of hydrogen-bond acceptors (Lipinski definition) is 3. The van der Waals surface area contributed by atoms with Crippen LogP contribution in [0.3, 0.4) is 0 Å². The van der Waals surface area contributed by atoms with Gasteiger partial charge in [0.1, 0.15) is 11.9 Å². The molecule has 1 atom stereocenters. The Morgan fingerprint density at radius 1 is 1.28 bits per heavy atom. The molecule has 0 aliphatic heterocycles. The maximum atomic E-state index is 13.2. The van der Waals surface area contributed by atoms with Gasteiger partial charge in [-0.1, -0.05) is 0 Å². The molecule has 0 aliphatic rings. The highest BCUT2D eigenvalue weighted by Crippen LogP contribution is 2.23. The van der Waals surface area contributed by atoms with Crippen LogP contribution in [0.15, 0.2) is 24.5 Å². The molecule has 2 rings (SSSR count). The Bertz CT molecular complexity index is 544. The van der Waals surface area contributed by atoms with Crippen molar-refractivity contribution in [2.24, 2.45) is 12.9 Å². The highest BCUT2D eigenvalue weighted by molar-refractivity contribution is 5.27. The van der Waals surface area contributed by atoms with E-state index in [-0.39, 0.29) is 5.56 Å². The molecule has 0 bridgehead atoms. The SMILES string of the molecule is Cn1ccnc1C(NN)c1cc(F)c(F)c(F)c1. The molecular formula is C11H11F3N4. The summed E-state index contributed by atoms with van der Waals surface area (Å²) < 4.78 is 40.9. The van der Waals surface area contributed by atoms with Crippen molar-refractivity contribution < 1.29 is 13.2 Å². The lowest BCUT2D eigenvalue weighted by Crippen LogP contribution is -2.31. The van der Waals surface area contributed by atoms with E-state index in [1.165, 1.54) is 6.20 Å². The van der Waals surface area contributed by atoms with Gasteiger partial charge in [0.15, 0.2) is 17.5 Å². The number of nitrogens with zero attached hydrogens (tertiary/aromatic N) is 2. The molecule has 1 unspecified atom stereocenters. The van der Waals surface area contributed by atoms with E-state index >= 15 is 0 Å². The molecule has 1 aromatic carbocycles. The van der Waals surface area contributed by atoms with Crippen LogP contribution in [-0.2, 0) is 7.05 Å². The summed E-state index contributed by atoms with van der Waals surface area (Å²) in [5.74, 6) is 1.79. The maximum absolute atomic E-state index is 13.2. The van der Waals surface area contributed by atoms with E-state index in [0.29, 0.717) is 5.82 Å². The van der Waals surface area contributed by atoms with Crippen molar-refractivity contribution in [1.82, 2.24) is 15.0 Å². The molecule has 0 aliphatic carbocycles. The summed E-state index contributed by atoms with van der Waals surface area (Å²) in [6.07, 6.45) is 3.19. The highest BCUT2D eigenvalue weighted by Gasteiger charge is 2.20. The van der Waals surface area contributed by atoms with Gasteiger partial charge in [-0.05, 0) is 17.7 Å². The van der Waals surface area contributed by atoms with Crippen molar-refractivity contribution in [3.8, 4) is 0 Å². The first-order valence-corrected chi connectivity index (χ1v) is 5.12. The lowest BCUT2D eigenvalue weighted by molar-refractivity contribution is 0.441. The van der Waals surface area contributed by atoms with Crippen LogP contribution in [0, 0.1) is 17.5 Å². The van der Waals surface area contributed by atoms with Crippen LogP contribution >= 0.6 is 0 Å². The fraction of sp³-hybridized carbons (Fsp3) is 0.182. The molecule has 3 N–H and O–H groups in total. The topological polar surface area (TPSA) is 55.9 Å². The number of rotatable bonds is 3. The van der Waals surface area contributed by atoms with E-state index in [2.05, 4.69) is 10.4 Å². The fourth-order valence-electron chi connectivity index (χ4n) is 1.72. The summed E-state index contributed by atoms with van der Waals surface area (Å²) in [5, 5.41) is 0. The number of aryl methyl sites for hydroxylation is 1. The van der Waals surface area contributed by atoms with E-state index in [1.807, 2.05) is 0 Å². The molecule has 4 nitrogen and oxygen atoms in total. The van der Waals surface area contributed by atoms with Crippen molar-refractivity contribution in [1.29, 1.82) is 0 Å². The minimum Gasteiger partial charge on any atom is -0.336 e. The second-order valence-electron chi connectivity index (χ2n) is 3.79. The molecule has 96 valence electrons. The zero-order chi connectivity index (χ0) is 13.3. The lowest BCUT2D eigenvalue weighted by atomic mass is 10.1. The van der Waals surface area contributed by atoms with Crippen LogP contribution in [-0.4, -0.2) is 9.55 Å². The largest absolute Gasteiger partial charge is 0.336 e. The number of benzene rings is 1. The van der Waals surface area contributed by atoms with Crippen LogP contribution in [0.1, 0.15) is 17.4 Å². The first kappa shape index (κ1) is 12.6. The second-order valence-corrected chi connectivity index (χ2v) is 3.79. The summed E-state index contributed by atoms with van der Waals surface area (Å²) in [4.78, 5) is 4.03. The third-order valence-electron chi connectivity index (χ3n) is 2.62. The van der Waals surface area contributed by atoms with Crippen molar-refractivity contribution in [3.63, 3.8) is 0 Å². The van der Waals surface area contributed by atoms with E-state index in [0.717, 1.165) is 12.1 Å². The predicted molar refractivity (Wildman–Crippen MR) is 58.7 cm³/mol. The Balaban J connectivity index is 2.49. The molecule has 0 fully saturated rings. The van der Waals surface area contributed by atoms with Crippen molar-refractivity contribution in [3.05, 3.63) is 53.4 Å². The zero-order valence-corrected chi connectivity index (χ0v) is 9.49. The number of aromatic nitrogens is 2. The average Bonchev–Trinajstić information content (AvgIpc) is 2.74. The van der Waals surface area contributed by atoms with Crippen molar-refractivity contribution in [2.75, 3.05) is 0 Å². The zero-order valence-electron chi connectivity index (χ0n) is 9.49. The molecule has 1 heterocycles. The molecule has 2 aromatic rings. The number of nitrogens with one attached hydrogen (secondary N) is 1. The average molecular weight is 256 g/mol. The third-order valence-corrected chi connectivity index (χ3v) is 2.62. The van der Waals surface area contributed by atoms with Crippen molar-refractivity contribution in [2.45, 2.75) is 6.04 Å². The van der Waals surface area contributed by atoms with Crippen LogP contribution in [0.2, 0.25) is 0 Å². The minimum absolute atomic E-state index is 0.156. The van der Waals surface area contributed by atoms with Gasteiger partial charge in [0.25, 0.3) is 0 Å². The summed E-state index contributed by atoms with van der Waals surface area (Å²) in [6.45, 7) is 0. The first-order chi connectivity index (χ1) is 8.54. The van der Waals surface area contributed by atoms with E-state index in [9.17, 15) is 13.2 Å². The monoisotopic (exact) mass is 256 g/mol. The molecule has 0 radical (unpaired) electrons. The van der Waals surface area contributed by atoms with E-state index < -0.39 is 23.5 Å². The van der Waals surface area contributed by atoms with Crippen LogP contribution < -0.4 is 11.3 Å². The van der Waals surface area contributed by atoms with E-state index in [4.69, 9.17) is 5.84 Å². The summed E-state index contributed by atoms with van der Waals surface area (Å²) in [6, 6.07) is 1.05. The van der Waals surface area contributed by atoms with Gasteiger partial charge in [0, 0.05) is 19.4 Å². The molecule has 0 saturated carbocycles. The number of hydrogen-bond donors (Lipinski definition) is 2. The van der Waals surface area contributed by atoms with Crippen LogP contribution in [0.5, 0.6) is 0 Å². The summed E-state index contributed by atoms with van der Waals surface area (Å²) in [5.41, 5.74) is 2.55. The van der Waals surface area contributed by atoms with Crippen LogP contribution in [0.25, 0.3) is 0 Å². The Hall–Kier alpha value is -1.86. The van der Waals surface area contributed by atoms with Gasteiger partial charge >= 0.3 is 0 Å². The smallest absolute Gasteiger partial charge is 0.194 e. The number of halogens is 3. The fourth-order valence-corrected chi connectivity index (χ4v) is 1.72. The molecular weight excluding hydrogens is 245 g/mol. The third kappa shape index (κ3) is 2.09. The quantitative estimate of drug-likeness (QED) is 0.495. The minimum atomic E-state index is -1.51. The standard InChI is InChI=1S/C11H11F3N4/c1-18-3-2-16-11(18)10(17-15)6-4-7(12)9(14)8(13)5-6/h2-5,10,17H,15H2,1H3. The predicted octanol–water partition coefficient (Wildman–Crippen LogP) is 1.39. The molecule has 1 aromatic heterocycles. The number of hydrazine groups is 1. The maximum Gasteiger partial charge on any atom is 0.194 e. The van der Waals surface area contributed by atoms with Gasteiger partial charge in [-0.15, -0.1) is 0 Å². The number of imidazole rings is 1. The Morgan fingerprint density at radius 3 is 2.33 bits per heavy atom. The Kier molecular flexibility index (Phi) is 3.35. The molecule has 0 spiro atoms. The molecule has 0 saturated heterocycles. The van der Waals surface area contributed by atoms with Gasteiger partial charge in [-0.3, -0.25) is 5.84 Å². The van der Waals surface area contributed by atoms with Crippen molar-refractivity contribution >= 4 is 0 Å². The van der Waals surface area contributed by atoms with Gasteiger partial charge in [0.05, 0.1) is 0 Å². The summed E-state index contributed by atoms with van der Waals surface area (Å²) in [7, 11) is 1.71. The molecule has 7 heteroatoms. The van der Waals surface area contributed by atoms with Gasteiger partial charge in [-0.2, -0.15) is 0 Å². The van der Waals surface area contributed by atoms with Gasteiger partial charge in [0.2, 0.25) is 0 Å². The van der Waals surface area contributed by atoms with Gasteiger partial charge < -0.3 is 4.57 Å². The molecule has 18 heavy (non-hydrogen) atoms. The molecule has 0 amide bonds. The Labute approximate surface area is 101 Å².